The fourth-order valence-electron chi connectivity index (χ4n) is 4.04. The smallest absolute Gasteiger partial charge is 0.241 e. The van der Waals surface area contributed by atoms with Crippen molar-refractivity contribution in [1.29, 1.82) is 0 Å². The highest BCUT2D eigenvalue weighted by molar-refractivity contribution is 5.84. The summed E-state index contributed by atoms with van der Waals surface area (Å²) in [5, 5.41) is 9.59. The number of nitrogens with zero attached hydrogens (tertiary/aromatic N) is 2. The summed E-state index contributed by atoms with van der Waals surface area (Å²) in [5.41, 5.74) is 0.270. The second kappa shape index (κ2) is 13.0. The van der Waals surface area contributed by atoms with Gasteiger partial charge in [0.05, 0.1) is 19.8 Å². The van der Waals surface area contributed by atoms with Crippen LogP contribution >= 0.6 is 0 Å². The number of morpholine rings is 1. The van der Waals surface area contributed by atoms with E-state index in [1.54, 1.807) is 7.11 Å². The standard InChI is InChI=1S/C20H39N5O3/c1-3-21-19(23-15-18(26)22-9-12-27-2)24-16-20(7-5-4-6-8-20)17-25-10-13-28-14-11-25/h3-17H2,1-2H3,(H,22,26)(H2,21,23,24). The van der Waals surface area contributed by atoms with E-state index in [1.807, 2.05) is 6.92 Å². The second-order valence-corrected chi connectivity index (χ2v) is 7.84. The number of carbonyl (C=O) groups is 1. The van der Waals surface area contributed by atoms with Gasteiger partial charge in [0.2, 0.25) is 5.91 Å². The van der Waals surface area contributed by atoms with Crippen LogP contribution in [0.4, 0.5) is 0 Å². The maximum Gasteiger partial charge on any atom is 0.241 e. The molecule has 0 unspecified atom stereocenters. The Hall–Kier alpha value is -1.38. The minimum atomic E-state index is -0.0880. The van der Waals surface area contributed by atoms with Gasteiger partial charge in [-0.25, -0.2) is 4.99 Å². The minimum absolute atomic E-state index is 0.0880. The van der Waals surface area contributed by atoms with Gasteiger partial charge < -0.3 is 25.4 Å². The van der Waals surface area contributed by atoms with Crippen LogP contribution in [0, 0.1) is 5.41 Å². The van der Waals surface area contributed by atoms with Crippen LogP contribution in [0.3, 0.4) is 0 Å². The van der Waals surface area contributed by atoms with Crippen molar-refractivity contribution in [3.8, 4) is 0 Å². The summed E-state index contributed by atoms with van der Waals surface area (Å²) in [7, 11) is 1.62. The number of nitrogens with one attached hydrogen (secondary N) is 3. The highest BCUT2D eigenvalue weighted by Crippen LogP contribution is 2.36. The van der Waals surface area contributed by atoms with E-state index in [9.17, 15) is 4.79 Å². The summed E-state index contributed by atoms with van der Waals surface area (Å²) in [6, 6.07) is 0. The lowest BCUT2D eigenvalue weighted by Gasteiger charge is -2.42. The largest absolute Gasteiger partial charge is 0.383 e. The molecule has 28 heavy (non-hydrogen) atoms. The Morgan fingerprint density at radius 3 is 2.57 bits per heavy atom. The first-order valence-electron chi connectivity index (χ1n) is 10.8. The summed E-state index contributed by atoms with van der Waals surface area (Å²) in [4.78, 5) is 18.9. The predicted molar refractivity (Wildman–Crippen MR) is 112 cm³/mol. The number of rotatable bonds is 10. The van der Waals surface area contributed by atoms with E-state index in [0.717, 1.165) is 51.9 Å². The molecule has 0 aromatic heterocycles. The quantitative estimate of drug-likeness (QED) is 0.284. The molecule has 8 heteroatoms. The van der Waals surface area contributed by atoms with Gasteiger partial charge >= 0.3 is 0 Å². The maximum absolute atomic E-state index is 11.9. The van der Waals surface area contributed by atoms with Gasteiger partial charge in [0, 0.05) is 51.8 Å². The molecule has 1 heterocycles. The highest BCUT2D eigenvalue weighted by atomic mass is 16.5. The maximum atomic E-state index is 11.9. The van der Waals surface area contributed by atoms with Crippen molar-refractivity contribution >= 4 is 11.9 Å². The van der Waals surface area contributed by atoms with Crippen molar-refractivity contribution in [2.45, 2.75) is 39.0 Å². The summed E-state index contributed by atoms with van der Waals surface area (Å²) in [5.74, 6) is 0.631. The fraction of sp³-hybridized carbons (Fsp3) is 0.900. The van der Waals surface area contributed by atoms with E-state index in [1.165, 1.54) is 32.1 Å². The Kier molecular flexibility index (Phi) is 10.6. The van der Waals surface area contributed by atoms with E-state index in [2.05, 4.69) is 25.8 Å². The first kappa shape index (κ1) is 22.9. The molecule has 1 amide bonds. The second-order valence-electron chi connectivity index (χ2n) is 7.84. The van der Waals surface area contributed by atoms with Crippen LogP contribution in [0.5, 0.6) is 0 Å². The summed E-state index contributed by atoms with van der Waals surface area (Å²) >= 11 is 0. The summed E-state index contributed by atoms with van der Waals surface area (Å²) < 4.78 is 10.5. The summed E-state index contributed by atoms with van der Waals surface area (Å²) in [6.45, 7) is 9.69. The number of hydrogen-bond acceptors (Lipinski definition) is 5. The van der Waals surface area contributed by atoms with Gasteiger partial charge in [-0.1, -0.05) is 19.3 Å². The minimum Gasteiger partial charge on any atom is -0.383 e. The molecule has 0 aromatic rings. The van der Waals surface area contributed by atoms with Gasteiger partial charge in [0.25, 0.3) is 0 Å². The number of carbonyl (C=O) groups excluding carboxylic acids is 1. The van der Waals surface area contributed by atoms with E-state index < -0.39 is 0 Å². The number of aliphatic imine (C=N–C) groups is 1. The zero-order chi connectivity index (χ0) is 20.1. The molecule has 2 rings (SSSR count). The molecular formula is C20H39N5O3. The molecule has 0 radical (unpaired) electrons. The molecule has 0 bridgehead atoms. The number of amides is 1. The SMILES string of the molecule is CCNC(=NCC(=O)NCCOC)NCC1(CN2CCOCC2)CCCCC1. The van der Waals surface area contributed by atoms with E-state index in [0.29, 0.717) is 13.2 Å². The van der Waals surface area contributed by atoms with Crippen molar-refractivity contribution in [1.82, 2.24) is 20.9 Å². The average molecular weight is 398 g/mol. The van der Waals surface area contributed by atoms with Crippen LogP contribution in [-0.2, 0) is 14.3 Å². The molecule has 1 saturated carbocycles. The van der Waals surface area contributed by atoms with Crippen molar-refractivity contribution < 1.29 is 14.3 Å². The van der Waals surface area contributed by atoms with Gasteiger partial charge in [-0.05, 0) is 19.8 Å². The number of ether oxygens (including phenoxy) is 2. The first-order valence-corrected chi connectivity index (χ1v) is 10.8. The Bertz CT molecular complexity index is 474. The molecule has 0 aromatic carbocycles. The predicted octanol–water partition coefficient (Wildman–Crippen LogP) is 0.587. The lowest BCUT2D eigenvalue weighted by Crippen LogP contribution is -2.51. The third kappa shape index (κ3) is 8.32. The van der Waals surface area contributed by atoms with E-state index >= 15 is 0 Å². The highest BCUT2D eigenvalue weighted by Gasteiger charge is 2.34. The third-order valence-corrected chi connectivity index (χ3v) is 5.56. The van der Waals surface area contributed by atoms with Crippen LogP contribution in [-0.4, -0.2) is 89.5 Å². The molecule has 3 N–H and O–H groups in total. The molecule has 2 fully saturated rings. The molecule has 1 saturated heterocycles. The average Bonchev–Trinajstić information content (AvgIpc) is 2.72. The lowest BCUT2D eigenvalue weighted by molar-refractivity contribution is -0.119. The van der Waals surface area contributed by atoms with E-state index in [4.69, 9.17) is 9.47 Å². The van der Waals surface area contributed by atoms with Crippen LogP contribution in [0.1, 0.15) is 39.0 Å². The van der Waals surface area contributed by atoms with Gasteiger partial charge in [-0.2, -0.15) is 0 Å². The zero-order valence-electron chi connectivity index (χ0n) is 17.7. The Labute approximate surface area is 169 Å². The first-order chi connectivity index (χ1) is 13.7. The van der Waals surface area contributed by atoms with Crippen molar-refractivity contribution in [3.63, 3.8) is 0 Å². The Morgan fingerprint density at radius 1 is 1.14 bits per heavy atom. The van der Waals surface area contributed by atoms with Crippen LogP contribution in [0.25, 0.3) is 0 Å². The summed E-state index contributed by atoms with van der Waals surface area (Å²) in [6.07, 6.45) is 6.41. The van der Waals surface area contributed by atoms with Gasteiger partial charge in [0.1, 0.15) is 6.54 Å². The van der Waals surface area contributed by atoms with Crippen LogP contribution in [0.2, 0.25) is 0 Å². The molecule has 1 aliphatic carbocycles. The number of methoxy groups -OCH3 is 1. The fourth-order valence-corrected chi connectivity index (χ4v) is 4.04. The molecule has 2 aliphatic rings. The van der Waals surface area contributed by atoms with Crippen LogP contribution in [0.15, 0.2) is 4.99 Å². The molecule has 162 valence electrons. The topological polar surface area (TPSA) is 87.2 Å². The molecular weight excluding hydrogens is 358 g/mol. The van der Waals surface area contributed by atoms with Crippen molar-refractivity contribution in [2.75, 3.05) is 72.7 Å². The van der Waals surface area contributed by atoms with E-state index in [-0.39, 0.29) is 17.9 Å². The molecule has 1 aliphatic heterocycles. The molecule has 0 atom stereocenters. The molecule has 0 spiro atoms. The lowest BCUT2D eigenvalue weighted by atomic mass is 9.73. The monoisotopic (exact) mass is 397 g/mol. The molecule has 8 nitrogen and oxygen atoms in total. The van der Waals surface area contributed by atoms with Gasteiger partial charge in [-0.3, -0.25) is 9.69 Å². The van der Waals surface area contributed by atoms with Gasteiger partial charge in [0.15, 0.2) is 5.96 Å². The normalized spacial score (nSPS) is 20.6. The van der Waals surface area contributed by atoms with Crippen molar-refractivity contribution in [3.05, 3.63) is 0 Å². The van der Waals surface area contributed by atoms with Crippen LogP contribution < -0.4 is 16.0 Å². The third-order valence-electron chi connectivity index (χ3n) is 5.56. The Balaban J connectivity index is 1.89. The number of hydrogen-bond donors (Lipinski definition) is 3. The number of guanidine groups is 1. The Morgan fingerprint density at radius 2 is 1.89 bits per heavy atom. The van der Waals surface area contributed by atoms with Gasteiger partial charge in [-0.15, -0.1) is 0 Å². The van der Waals surface area contributed by atoms with Crippen molar-refractivity contribution in [2.24, 2.45) is 10.4 Å². The zero-order valence-corrected chi connectivity index (χ0v) is 17.7.